The molecule has 0 fully saturated rings. The average Bonchev–Trinajstić information content (AvgIpc) is 2.62. The van der Waals surface area contributed by atoms with Crippen molar-refractivity contribution in [3.63, 3.8) is 0 Å². The molecular formula is C19H16N2O2. The van der Waals surface area contributed by atoms with Crippen molar-refractivity contribution < 1.29 is 9.53 Å². The standard InChI is InChI=1S/C19H16N2O2/c22-19(16-9-6-12-20-13-16)21-17-10-4-5-11-18(17)23-14-15-7-2-1-3-8-15/h1-13H,14H2,(H,21,22). The number of carbonyl (C=O) groups excluding carboxylic acids is 1. The number of benzene rings is 2. The SMILES string of the molecule is O=C(Nc1ccccc1OCc1ccccc1)c1cccnc1. The predicted octanol–water partition coefficient (Wildman–Crippen LogP) is 3.91. The second-order valence-electron chi connectivity index (χ2n) is 4.97. The number of nitrogens with one attached hydrogen (secondary N) is 1. The van der Waals surface area contributed by atoms with Crippen LogP contribution in [0.2, 0.25) is 0 Å². The highest BCUT2D eigenvalue weighted by Crippen LogP contribution is 2.25. The third kappa shape index (κ3) is 3.95. The molecule has 1 N–H and O–H groups in total. The van der Waals surface area contributed by atoms with Crippen molar-refractivity contribution in [1.29, 1.82) is 0 Å². The Labute approximate surface area is 134 Å². The Hall–Kier alpha value is -3.14. The van der Waals surface area contributed by atoms with Crippen LogP contribution in [-0.2, 0) is 6.61 Å². The van der Waals surface area contributed by atoms with Crippen LogP contribution in [0.15, 0.2) is 79.1 Å². The summed E-state index contributed by atoms with van der Waals surface area (Å²) >= 11 is 0. The van der Waals surface area contributed by atoms with Gasteiger partial charge in [0, 0.05) is 12.4 Å². The fourth-order valence-electron chi connectivity index (χ4n) is 2.12. The molecule has 3 rings (SSSR count). The van der Waals surface area contributed by atoms with Crippen LogP contribution in [0.5, 0.6) is 5.75 Å². The van der Waals surface area contributed by atoms with Gasteiger partial charge in [-0.25, -0.2) is 0 Å². The van der Waals surface area contributed by atoms with E-state index in [9.17, 15) is 4.79 Å². The minimum Gasteiger partial charge on any atom is -0.487 e. The molecule has 1 heterocycles. The van der Waals surface area contributed by atoms with Gasteiger partial charge in [0.1, 0.15) is 12.4 Å². The van der Waals surface area contributed by atoms with E-state index in [1.165, 1.54) is 6.20 Å². The predicted molar refractivity (Wildman–Crippen MR) is 89.4 cm³/mol. The molecule has 0 saturated carbocycles. The maximum absolute atomic E-state index is 12.2. The van der Waals surface area contributed by atoms with Crippen LogP contribution >= 0.6 is 0 Å². The monoisotopic (exact) mass is 304 g/mol. The lowest BCUT2D eigenvalue weighted by Crippen LogP contribution is -2.13. The number of hydrogen-bond donors (Lipinski definition) is 1. The van der Waals surface area contributed by atoms with Crippen LogP contribution in [0.4, 0.5) is 5.69 Å². The first-order chi connectivity index (χ1) is 11.3. The highest BCUT2D eigenvalue weighted by molar-refractivity contribution is 6.04. The van der Waals surface area contributed by atoms with Crippen LogP contribution in [0.25, 0.3) is 0 Å². The van der Waals surface area contributed by atoms with Gasteiger partial charge in [-0.05, 0) is 29.8 Å². The Morgan fingerprint density at radius 1 is 0.957 bits per heavy atom. The van der Waals surface area contributed by atoms with Crippen molar-refractivity contribution in [2.24, 2.45) is 0 Å². The molecule has 0 saturated heterocycles. The molecule has 2 aromatic carbocycles. The Bertz CT molecular complexity index is 774. The zero-order valence-corrected chi connectivity index (χ0v) is 12.5. The van der Waals surface area contributed by atoms with Gasteiger partial charge in [0.2, 0.25) is 0 Å². The van der Waals surface area contributed by atoms with Crippen LogP contribution in [0.1, 0.15) is 15.9 Å². The average molecular weight is 304 g/mol. The van der Waals surface area contributed by atoms with E-state index >= 15 is 0 Å². The first-order valence-corrected chi connectivity index (χ1v) is 7.30. The minimum atomic E-state index is -0.214. The van der Waals surface area contributed by atoms with Crippen molar-refractivity contribution in [3.8, 4) is 5.75 Å². The molecule has 0 aliphatic heterocycles. The van der Waals surface area contributed by atoms with Gasteiger partial charge in [-0.15, -0.1) is 0 Å². The highest BCUT2D eigenvalue weighted by atomic mass is 16.5. The zero-order valence-electron chi connectivity index (χ0n) is 12.5. The molecule has 0 aliphatic carbocycles. The first kappa shape index (κ1) is 14.8. The van der Waals surface area contributed by atoms with Gasteiger partial charge in [0.25, 0.3) is 5.91 Å². The number of pyridine rings is 1. The van der Waals surface area contributed by atoms with Crippen LogP contribution in [-0.4, -0.2) is 10.9 Å². The molecule has 0 unspecified atom stereocenters. The third-order valence-electron chi connectivity index (χ3n) is 3.30. The van der Waals surface area contributed by atoms with Crippen LogP contribution < -0.4 is 10.1 Å². The molecule has 1 aromatic heterocycles. The number of carbonyl (C=O) groups is 1. The number of aromatic nitrogens is 1. The molecule has 4 nitrogen and oxygen atoms in total. The molecule has 0 aliphatic rings. The lowest BCUT2D eigenvalue weighted by Gasteiger charge is -2.12. The molecule has 23 heavy (non-hydrogen) atoms. The molecule has 0 radical (unpaired) electrons. The summed E-state index contributed by atoms with van der Waals surface area (Å²) in [6, 6.07) is 20.7. The summed E-state index contributed by atoms with van der Waals surface area (Å²) < 4.78 is 5.83. The number of ether oxygens (including phenoxy) is 1. The Balaban J connectivity index is 1.72. The number of anilines is 1. The van der Waals surface area contributed by atoms with E-state index in [4.69, 9.17) is 4.74 Å². The van der Waals surface area contributed by atoms with Crippen molar-refractivity contribution in [2.45, 2.75) is 6.61 Å². The minimum absolute atomic E-state index is 0.214. The maximum Gasteiger partial charge on any atom is 0.257 e. The van der Waals surface area contributed by atoms with E-state index in [-0.39, 0.29) is 5.91 Å². The van der Waals surface area contributed by atoms with Gasteiger partial charge < -0.3 is 10.1 Å². The fraction of sp³-hybridized carbons (Fsp3) is 0.0526. The lowest BCUT2D eigenvalue weighted by molar-refractivity contribution is 0.102. The molecule has 1 amide bonds. The quantitative estimate of drug-likeness (QED) is 0.777. The molecule has 0 bridgehead atoms. The smallest absolute Gasteiger partial charge is 0.257 e. The highest BCUT2D eigenvalue weighted by Gasteiger charge is 2.09. The number of nitrogens with zero attached hydrogens (tertiary/aromatic N) is 1. The van der Waals surface area contributed by atoms with Crippen molar-refractivity contribution in [3.05, 3.63) is 90.3 Å². The third-order valence-corrected chi connectivity index (χ3v) is 3.30. The molecular weight excluding hydrogens is 288 g/mol. The summed E-state index contributed by atoms with van der Waals surface area (Å²) in [5.74, 6) is 0.419. The van der Waals surface area contributed by atoms with E-state index in [1.807, 2.05) is 54.6 Å². The summed E-state index contributed by atoms with van der Waals surface area (Å²) in [6.07, 6.45) is 3.16. The molecule has 0 spiro atoms. The zero-order chi connectivity index (χ0) is 15.9. The van der Waals surface area contributed by atoms with Gasteiger partial charge in [0.05, 0.1) is 11.3 Å². The van der Waals surface area contributed by atoms with Gasteiger partial charge in [0.15, 0.2) is 0 Å². The summed E-state index contributed by atoms with van der Waals surface area (Å²) in [6.45, 7) is 0.445. The number of amides is 1. The molecule has 0 atom stereocenters. The topological polar surface area (TPSA) is 51.2 Å². The van der Waals surface area contributed by atoms with Gasteiger partial charge in [-0.1, -0.05) is 42.5 Å². The summed E-state index contributed by atoms with van der Waals surface area (Å²) in [7, 11) is 0. The van der Waals surface area contributed by atoms with Crippen LogP contribution in [0, 0.1) is 0 Å². The van der Waals surface area contributed by atoms with E-state index < -0.39 is 0 Å². The lowest BCUT2D eigenvalue weighted by atomic mass is 10.2. The number of para-hydroxylation sites is 2. The van der Waals surface area contributed by atoms with E-state index in [0.717, 1.165) is 5.56 Å². The van der Waals surface area contributed by atoms with Crippen molar-refractivity contribution in [1.82, 2.24) is 4.98 Å². The van der Waals surface area contributed by atoms with Gasteiger partial charge in [-0.2, -0.15) is 0 Å². The number of hydrogen-bond acceptors (Lipinski definition) is 3. The van der Waals surface area contributed by atoms with Gasteiger partial charge >= 0.3 is 0 Å². The summed E-state index contributed by atoms with van der Waals surface area (Å²) in [5, 5.41) is 2.86. The molecule has 114 valence electrons. The van der Waals surface area contributed by atoms with Crippen molar-refractivity contribution in [2.75, 3.05) is 5.32 Å². The normalized spacial score (nSPS) is 10.1. The largest absolute Gasteiger partial charge is 0.487 e. The second kappa shape index (κ2) is 7.22. The van der Waals surface area contributed by atoms with E-state index in [0.29, 0.717) is 23.6 Å². The Kier molecular flexibility index (Phi) is 4.64. The van der Waals surface area contributed by atoms with E-state index in [2.05, 4.69) is 10.3 Å². The first-order valence-electron chi connectivity index (χ1n) is 7.30. The second-order valence-corrected chi connectivity index (χ2v) is 4.97. The fourth-order valence-corrected chi connectivity index (χ4v) is 2.12. The molecule has 4 heteroatoms. The Morgan fingerprint density at radius 2 is 1.74 bits per heavy atom. The van der Waals surface area contributed by atoms with Crippen LogP contribution in [0.3, 0.4) is 0 Å². The van der Waals surface area contributed by atoms with Gasteiger partial charge in [-0.3, -0.25) is 9.78 Å². The van der Waals surface area contributed by atoms with Crippen molar-refractivity contribution >= 4 is 11.6 Å². The Morgan fingerprint density at radius 3 is 2.52 bits per heavy atom. The summed E-state index contributed by atoms with van der Waals surface area (Å²) in [5.41, 5.74) is 2.21. The summed E-state index contributed by atoms with van der Waals surface area (Å²) in [4.78, 5) is 16.2. The molecule has 3 aromatic rings. The maximum atomic E-state index is 12.2. The van der Waals surface area contributed by atoms with E-state index in [1.54, 1.807) is 18.3 Å². The number of rotatable bonds is 5.